The molecule has 0 saturated carbocycles. The Balaban J connectivity index is 2.39. The molecule has 0 radical (unpaired) electrons. The van der Waals surface area contributed by atoms with Crippen LogP contribution in [0.25, 0.3) is 22.4 Å². The summed E-state index contributed by atoms with van der Waals surface area (Å²) in [5.74, 6) is 3.12. The highest BCUT2D eigenvalue weighted by molar-refractivity contribution is 5.80. The quantitative estimate of drug-likeness (QED) is 0.695. The maximum atomic E-state index is 5.60. The number of methoxy groups -OCH3 is 3. The van der Waals surface area contributed by atoms with Gasteiger partial charge in [0.15, 0.2) is 11.0 Å². The van der Waals surface area contributed by atoms with E-state index in [0.717, 1.165) is 22.4 Å². The lowest BCUT2D eigenvalue weighted by atomic mass is 10.1. The molecule has 0 aliphatic rings. The number of fused-ring (bicyclic) bond motifs is 1. The van der Waals surface area contributed by atoms with Crippen LogP contribution in [0.15, 0.2) is 36.4 Å². The van der Waals surface area contributed by atoms with E-state index in [2.05, 4.69) is 21.3 Å². The Labute approximate surface area is 135 Å². The van der Waals surface area contributed by atoms with E-state index in [1.54, 1.807) is 21.3 Å². The fourth-order valence-electron chi connectivity index (χ4n) is 3.05. The van der Waals surface area contributed by atoms with E-state index < -0.39 is 0 Å². The highest BCUT2D eigenvalue weighted by Gasteiger charge is 2.28. The fraction of sp³-hybridized carbons (Fsp3) is 0.278. The molecule has 0 amide bonds. The third-order valence-electron chi connectivity index (χ3n) is 4.18. The highest BCUT2D eigenvalue weighted by Crippen LogP contribution is 2.41. The van der Waals surface area contributed by atoms with Crippen molar-refractivity contribution >= 4 is 11.0 Å². The molecule has 1 aromatic heterocycles. The fourth-order valence-corrected chi connectivity index (χ4v) is 3.05. The standard InChI is InChI=1S/C18H21N2O3/c1-19-13-8-6-7-9-14(13)20(2)18(19)17-15(22-4)10-12(21-3)11-16(17)23-5/h6-11H,1-5H3/q+1. The van der Waals surface area contributed by atoms with Gasteiger partial charge < -0.3 is 14.2 Å². The number of hydrogen-bond acceptors (Lipinski definition) is 3. The molecule has 0 aliphatic carbocycles. The molecule has 3 aromatic rings. The Morgan fingerprint density at radius 2 is 1.52 bits per heavy atom. The molecule has 0 bridgehead atoms. The summed E-state index contributed by atoms with van der Waals surface area (Å²) >= 11 is 0. The summed E-state index contributed by atoms with van der Waals surface area (Å²) in [6.45, 7) is 0. The first-order valence-corrected chi connectivity index (χ1v) is 7.36. The summed E-state index contributed by atoms with van der Waals surface area (Å²) in [4.78, 5) is 0. The zero-order valence-corrected chi connectivity index (χ0v) is 14.1. The average Bonchev–Trinajstić information content (AvgIpc) is 2.85. The molecule has 2 aromatic carbocycles. The van der Waals surface area contributed by atoms with E-state index in [1.807, 2.05) is 38.4 Å². The first kappa shape index (κ1) is 15.2. The van der Waals surface area contributed by atoms with Crippen molar-refractivity contribution in [2.75, 3.05) is 21.3 Å². The molecular weight excluding hydrogens is 292 g/mol. The van der Waals surface area contributed by atoms with Crippen LogP contribution < -0.4 is 18.8 Å². The van der Waals surface area contributed by atoms with Crippen molar-refractivity contribution < 1.29 is 18.8 Å². The van der Waals surface area contributed by atoms with Crippen LogP contribution in [-0.2, 0) is 14.1 Å². The van der Waals surface area contributed by atoms with Crippen molar-refractivity contribution in [3.8, 4) is 28.6 Å². The van der Waals surface area contributed by atoms with Crippen molar-refractivity contribution in [3.63, 3.8) is 0 Å². The Bertz CT molecular complexity index is 804. The minimum absolute atomic E-state index is 0.698. The summed E-state index contributed by atoms with van der Waals surface area (Å²) in [5, 5.41) is 0. The Morgan fingerprint density at radius 1 is 0.913 bits per heavy atom. The van der Waals surface area contributed by atoms with Crippen molar-refractivity contribution in [2.24, 2.45) is 14.1 Å². The summed E-state index contributed by atoms with van der Waals surface area (Å²) in [6.07, 6.45) is 0. The van der Waals surface area contributed by atoms with Gasteiger partial charge in [-0.3, -0.25) is 0 Å². The van der Waals surface area contributed by atoms with Gasteiger partial charge in [-0.25, -0.2) is 9.13 Å². The number of nitrogens with zero attached hydrogens (tertiary/aromatic N) is 2. The monoisotopic (exact) mass is 313 g/mol. The third kappa shape index (κ3) is 2.29. The van der Waals surface area contributed by atoms with Crippen LogP contribution in [0.4, 0.5) is 0 Å². The molecule has 0 spiro atoms. The van der Waals surface area contributed by atoms with Crippen LogP contribution in [0.5, 0.6) is 17.2 Å². The summed E-state index contributed by atoms with van der Waals surface area (Å²) in [7, 11) is 9.02. The van der Waals surface area contributed by atoms with Crippen LogP contribution in [0.3, 0.4) is 0 Å². The first-order chi connectivity index (χ1) is 11.1. The van der Waals surface area contributed by atoms with Gasteiger partial charge in [0, 0.05) is 12.1 Å². The van der Waals surface area contributed by atoms with E-state index in [1.165, 1.54) is 0 Å². The normalized spacial score (nSPS) is 10.8. The Hall–Kier alpha value is -2.69. The number of aromatic nitrogens is 2. The summed E-state index contributed by atoms with van der Waals surface area (Å²) in [6, 6.07) is 12.0. The van der Waals surface area contributed by atoms with E-state index in [4.69, 9.17) is 14.2 Å². The van der Waals surface area contributed by atoms with E-state index in [-0.39, 0.29) is 0 Å². The molecule has 0 atom stereocenters. The maximum Gasteiger partial charge on any atom is 0.297 e. The van der Waals surface area contributed by atoms with Gasteiger partial charge in [0.2, 0.25) is 0 Å². The lowest BCUT2D eigenvalue weighted by Crippen LogP contribution is -2.30. The predicted molar refractivity (Wildman–Crippen MR) is 89.2 cm³/mol. The van der Waals surface area contributed by atoms with Gasteiger partial charge in [0.25, 0.3) is 5.82 Å². The third-order valence-corrected chi connectivity index (χ3v) is 4.18. The molecule has 23 heavy (non-hydrogen) atoms. The minimum atomic E-state index is 0.698. The van der Waals surface area contributed by atoms with Crippen LogP contribution in [-0.4, -0.2) is 25.9 Å². The molecule has 1 heterocycles. The van der Waals surface area contributed by atoms with Gasteiger partial charge in [0.05, 0.1) is 35.4 Å². The summed E-state index contributed by atoms with van der Waals surface area (Å²) in [5.41, 5.74) is 3.19. The smallest absolute Gasteiger partial charge is 0.297 e. The minimum Gasteiger partial charge on any atom is -0.496 e. The number of ether oxygens (including phenoxy) is 3. The topological polar surface area (TPSA) is 36.5 Å². The van der Waals surface area contributed by atoms with Crippen LogP contribution in [0.2, 0.25) is 0 Å². The second-order valence-corrected chi connectivity index (χ2v) is 5.34. The molecule has 5 heteroatoms. The zero-order valence-electron chi connectivity index (χ0n) is 14.1. The molecule has 0 aliphatic heterocycles. The van der Waals surface area contributed by atoms with Crippen molar-refractivity contribution in [2.45, 2.75) is 0 Å². The maximum absolute atomic E-state index is 5.60. The lowest BCUT2D eigenvalue weighted by Gasteiger charge is -2.13. The zero-order chi connectivity index (χ0) is 16.6. The number of rotatable bonds is 4. The first-order valence-electron chi connectivity index (χ1n) is 7.36. The van der Waals surface area contributed by atoms with Gasteiger partial charge in [-0.2, -0.15) is 0 Å². The average molecular weight is 313 g/mol. The van der Waals surface area contributed by atoms with E-state index in [0.29, 0.717) is 17.2 Å². The number of para-hydroxylation sites is 2. The molecule has 0 saturated heterocycles. The van der Waals surface area contributed by atoms with Crippen molar-refractivity contribution in [3.05, 3.63) is 36.4 Å². The predicted octanol–water partition coefficient (Wildman–Crippen LogP) is 2.70. The molecule has 0 N–H and O–H groups in total. The van der Waals surface area contributed by atoms with Gasteiger partial charge in [-0.15, -0.1) is 0 Å². The van der Waals surface area contributed by atoms with Gasteiger partial charge in [-0.1, -0.05) is 12.1 Å². The number of hydrogen-bond donors (Lipinski definition) is 0. The lowest BCUT2D eigenvalue weighted by molar-refractivity contribution is -0.634. The second-order valence-electron chi connectivity index (χ2n) is 5.34. The largest absolute Gasteiger partial charge is 0.496 e. The van der Waals surface area contributed by atoms with Gasteiger partial charge >= 0.3 is 0 Å². The van der Waals surface area contributed by atoms with E-state index in [9.17, 15) is 0 Å². The number of aryl methyl sites for hydroxylation is 2. The number of benzene rings is 2. The van der Waals surface area contributed by atoms with Gasteiger partial charge in [-0.05, 0) is 12.1 Å². The molecule has 120 valence electrons. The van der Waals surface area contributed by atoms with E-state index >= 15 is 0 Å². The Kier molecular flexibility index (Phi) is 3.86. The van der Waals surface area contributed by atoms with Crippen LogP contribution in [0.1, 0.15) is 0 Å². The molecular formula is C18H21N2O3+. The molecule has 0 fully saturated rings. The molecule has 3 rings (SSSR count). The summed E-state index contributed by atoms with van der Waals surface area (Å²) < 4.78 is 20.8. The van der Waals surface area contributed by atoms with Crippen LogP contribution >= 0.6 is 0 Å². The SMILES string of the molecule is COc1cc(OC)c(-c2n(C)c3ccccc3[n+]2C)c(OC)c1. The van der Waals surface area contributed by atoms with Crippen LogP contribution in [0, 0.1) is 0 Å². The van der Waals surface area contributed by atoms with Crippen molar-refractivity contribution in [1.29, 1.82) is 0 Å². The Morgan fingerprint density at radius 3 is 2.04 bits per heavy atom. The second kappa shape index (κ2) is 5.83. The molecule has 0 unspecified atom stereocenters. The number of imidazole rings is 1. The highest BCUT2D eigenvalue weighted by atomic mass is 16.5. The van der Waals surface area contributed by atoms with Crippen molar-refractivity contribution in [1.82, 2.24) is 4.57 Å². The van der Waals surface area contributed by atoms with Gasteiger partial charge in [0.1, 0.15) is 22.8 Å². The molecule has 5 nitrogen and oxygen atoms in total.